The Morgan fingerprint density at radius 2 is 1.90 bits per heavy atom. The third kappa shape index (κ3) is 3.37. The van der Waals surface area contributed by atoms with E-state index in [4.69, 9.17) is 0 Å². The van der Waals surface area contributed by atoms with Gasteiger partial charge in [-0.05, 0) is 18.9 Å². The molecule has 1 amide bonds. The first kappa shape index (κ1) is 20.7. The molecule has 3 aromatic heterocycles. The molecule has 0 saturated carbocycles. The number of carbonyl (C=O) groups is 1. The highest BCUT2D eigenvalue weighted by Gasteiger charge is 2.39. The zero-order valence-corrected chi connectivity index (χ0v) is 16.5. The topological polar surface area (TPSA) is 103 Å². The van der Waals surface area contributed by atoms with Gasteiger partial charge in [-0.25, -0.2) is 14.8 Å². The summed E-state index contributed by atoms with van der Waals surface area (Å²) in [7, 11) is 2.36. The summed E-state index contributed by atoms with van der Waals surface area (Å²) in [4.78, 5) is 51.1. The van der Waals surface area contributed by atoms with E-state index in [-0.39, 0.29) is 17.0 Å². The van der Waals surface area contributed by atoms with Crippen molar-refractivity contribution in [3.05, 3.63) is 62.4 Å². The van der Waals surface area contributed by atoms with Crippen molar-refractivity contribution < 1.29 is 18.0 Å². The standard InChI is InChI=1S/C19H17F3N6O3/c1-26-15-14(17(30)27(2)18(26)31)10(19(20,21)22)8-11(25-15)13-4-3-7-28(13)16(29)12-9-23-5-6-24-12/h5-6,8-9,13H,3-4,7H2,1-2H3/t13-/m1/s1. The Kier molecular flexibility index (Phi) is 4.86. The van der Waals surface area contributed by atoms with Gasteiger partial charge in [-0.3, -0.25) is 23.7 Å². The maximum Gasteiger partial charge on any atom is 0.417 e. The molecule has 0 aliphatic carbocycles. The Hall–Kier alpha value is -3.57. The van der Waals surface area contributed by atoms with Crippen LogP contribution in [0.4, 0.5) is 13.2 Å². The molecule has 1 fully saturated rings. The molecular weight excluding hydrogens is 417 g/mol. The summed E-state index contributed by atoms with van der Waals surface area (Å²) in [5.74, 6) is -0.482. The number of nitrogens with zero attached hydrogens (tertiary/aromatic N) is 6. The summed E-state index contributed by atoms with van der Waals surface area (Å²) in [6.07, 6.45) is 0.0887. The van der Waals surface area contributed by atoms with Crippen LogP contribution >= 0.6 is 0 Å². The molecule has 0 N–H and O–H groups in total. The number of amides is 1. The Labute approximate surface area is 172 Å². The van der Waals surface area contributed by atoms with E-state index in [2.05, 4.69) is 15.0 Å². The lowest BCUT2D eigenvalue weighted by Crippen LogP contribution is -2.39. The monoisotopic (exact) mass is 434 g/mol. The number of aryl methyl sites for hydroxylation is 1. The van der Waals surface area contributed by atoms with E-state index in [9.17, 15) is 27.6 Å². The molecule has 31 heavy (non-hydrogen) atoms. The van der Waals surface area contributed by atoms with Crippen LogP contribution in [-0.4, -0.2) is 41.4 Å². The molecule has 0 spiro atoms. The molecule has 4 heterocycles. The van der Waals surface area contributed by atoms with Crippen molar-refractivity contribution in [2.24, 2.45) is 14.1 Å². The molecule has 4 rings (SSSR count). The van der Waals surface area contributed by atoms with Crippen molar-refractivity contribution in [3.63, 3.8) is 0 Å². The van der Waals surface area contributed by atoms with Crippen LogP contribution in [0.1, 0.15) is 40.6 Å². The van der Waals surface area contributed by atoms with E-state index >= 15 is 0 Å². The first-order valence-corrected chi connectivity index (χ1v) is 9.36. The number of aromatic nitrogens is 5. The van der Waals surface area contributed by atoms with E-state index in [1.54, 1.807) is 0 Å². The molecule has 1 aliphatic heterocycles. The van der Waals surface area contributed by atoms with Gasteiger partial charge < -0.3 is 4.90 Å². The minimum atomic E-state index is -4.86. The second-order valence-corrected chi connectivity index (χ2v) is 7.24. The van der Waals surface area contributed by atoms with Crippen LogP contribution < -0.4 is 11.2 Å². The normalized spacial score (nSPS) is 16.8. The van der Waals surface area contributed by atoms with Gasteiger partial charge in [0.1, 0.15) is 11.3 Å². The van der Waals surface area contributed by atoms with Gasteiger partial charge in [-0.15, -0.1) is 0 Å². The predicted octanol–water partition coefficient (Wildman–Crippen LogP) is 1.42. The zero-order chi connectivity index (χ0) is 22.5. The second-order valence-electron chi connectivity index (χ2n) is 7.24. The number of rotatable bonds is 2. The first-order chi connectivity index (χ1) is 14.6. The molecule has 9 nitrogen and oxygen atoms in total. The Morgan fingerprint density at radius 3 is 2.55 bits per heavy atom. The molecule has 1 aliphatic rings. The molecule has 0 bridgehead atoms. The first-order valence-electron chi connectivity index (χ1n) is 9.36. The van der Waals surface area contributed by atoms with Gasteiger partial charge in [0.05, 0.1) is 28.9 Å². The van der Waals surface area contributed by atoms with Crippen molar-refractivity contribution in [3.8, 4) is 0 Å². The van der Waals surface area contributed by atoms with Crippen LogP contribution in [0.25, 0.3) is 11.0 Å². The van der Waals surface area contributed by atoms with Crippen molar-refractivity contribution in [2.45, 2.75) is 25.1 Å². The third-order valence-corrected chi connectivity index (χ3v) is 5.37. The van der Waals surface area contributed by atoms with Crippen LogP contribution in [0.5, 0.6) is 0 Å². The van der Waals surface area contributed by atoms with E-state index in [0.29, 0.717) is 24.0 Å². The van der Waals surface area contributed by atoms with Gasteiger partial charge in [0, 0.05) is 33.0 Å². The minimum Gasteiger partial charge on any atom is -0.329 e. The number of fused-ring (bicyclic) bond motifs is 1. The van der Waals surface area contributed by atoms with Gasteiger partial charge >= 0.3 is 11.9 Å². The summed E-state index contributed by atoms with van der Waals surface area (Å²) in [5, 5.41) is -0.689. The summed E-state index contributed by atoms with van der Waals surface area (Å²) in [6, 6.07) is 0.0281. The van der Waals surface area contributed by atoms with E-state index in [1.165, 1.54) is 30.5 Å². The van der Waals surface area contributed by atoms with E-state index < -0.39 is 40.3 Å². The molecule has 3 aromatic rings. The fraction of sp³-hybridized carbons (Fsp3) is 0.368. The maximum absolute atomic E-state index is 13.9. The number of likely N-dealkylation sites (tertiary alicyclic amines) is 1. The van der Waals surface area contributed by atoms with Gasteiger partial charge in [0.15, 0.2) is 0 Å². The molecule has 1 saturated heterocycles. The highest BCUT2D eigenvalue weighted by molar-refractivity contribution is 5.92. The lowest BCUT2D eigenvalue weighted by atomic mass is 10.0. The Morgan fingerprint density at radius 1 is 1.16 bits per heavy atom. The van der Waals surface area contributed by atoms with Crippen LogP contribution in [0, 0.1) is 0 Å². The van der Waals surface area contributed by atoms with Crippen LogP contribution in [0.2, 0.25) is 0 Å². The van der Waals surface area contributed by atoms with Crippen LogP contribution in [-0.2, 0) is 20.3 Å². The Bertz CT molecular complexity index is 1300. The SMILES string of the molecule is Cn1c(=O)c2c(C(F)(F)F)cc([C@H]3CCCN3C(=O)c3cnccn3)nc2n(C)c1=O. The maximum atomic E-state index is 13.9. The van der Waals surface area contributed by atoms with Gasteiger partial charge in [-0.1, -0.05) is 0 Å². The summed E-state index contributed by atoms with van der Waals surface area (Å²) in [5.41, 5.74) is -3.43. The van der Waals surface area contributed by atoms with Gasteiger partial charge in [0.2, 0.25) is 0 Å². The quantitative estimate of drug-likeness (QED) is 0.605. The van der Waals surface area contributed by atoms with Crippen molar-refractivity contribution in [2.75, 3.05) is 6.54 Å². The number of carbonyl (C=O) groups excluding carboxylic acids is 1. The van der Waals surface area contributed by atoms with Crippen molar-refractivity contribution in [1.29, 1.82) is 0 Å². The number of alkyl halides is 3. The predicted molar refractivity (Wildman–Crippen MR) is 102 cm³/mol. The molecule has 162 valence electrons. The summed E-state index contributed by atoms with van der Waals surface area (Å²) < 4.78 is 43.2. The van der Waals surface area contributed by atoms with Crippen LogP contribution in [0.3, 0.4) is 0 Å². The molecular formula is C19H17F3N6O3. The molecule has 0 radical (unpaired) electrons. The molecule has 0 aromatic carbocycles. The molecule has 12 heteroatoms. The number of pyridine rings is 1. The highest BCUT2D eigenvalue weighted by atomic mass is 19.4. The third-order valence-electron chi connectivity index (χ3n) is 5.37. The van der Waals surface area contributed by atoms with E-state index in [1.807, 2.05) is 0 Å². The molecule has 0 unspecified atom stereocenters. The average molecular weight is 434 g/mol. The fourth-order valence-electron chi connectivity index (χ4n) is 3.84. The highest BCUT2D eigenvalue weighted by Crippen LogP contribution is 2.38. The van der Waals surface area contributed by atoms with Gasteiger partial charge in [0.25, 0.3) is 11.5 Å². The largest absolute Gasteiger partial charge is 0.417 e. The number of hydrogen-bond donors (Lipinski definition) is 0. The zero-order valence-electron chi connectivity index (χ0n) is 16.5. The number of halogens is 3. The van der Waals surface area contributed by atoms with Crippen LogP contribution in [0.15, 0.2) is 34.2 Å². The number of hydrogen-bond acceptors (Lipinski definition) is 6. The summed E-state index contributed by atoms with van der Waals surface area (Å²) >= 11 is 0. The molecule has 1 atom stereocenters. The lowest BCUT2D eigenvalue weighted by molar-refractivity contribution is -0.136. The second kappa shape index (κ2) is 7.29. The average Bonchev–Trinajstić information content (AvgIpc) is 3.24. The minimum absolute atomic E-state index is 0.0437. The van der Waals surface area contributed by atoms with Crippen molar-refractivity contribution >= 4 is 16.9 Å². The fourth-order valence-corrected chi connectivity index (χ4v) is 3.84. The summed E-state index contributed by atoms with van der Waals surface area (Å²) in [6.45, 7) is 0.302. The van der Waals surface area contributed by atoms with Crippen molar-refractivity contribution in [1.82, 2.24) is 29.0 Å². The van der Waals surface area contributed by atoms with E-state index in [0.717, 1.165) is 17.7 Å². The Balaban J connectivity index is 1.93. The lowest BCUT2D eigenvalue weighted by Gasteiger charge is -2.25. The van der Waals surface area contributed by atoms with Gasteiger partial charge in [-0.2, -0.15) is 13.2 Å². The smallest absolute Gasteiger partial charge is 0.329 e.